The summed E-state index contributed by atoms with van der Waals surface area (Å²) in [5.74, 6) is -1.69. The molecule has 1 unspecified atom stereocenters. The van der Waals surface area contributed by atoms with Crippen LogP contribution in [0, 0.1) is 10.1 Å². The molecule has 1 atom stereocenters. The van der Waals surface area contributed by atoms with Crippen molar-refractivity contribution < 1.29 is 29.5 Å². The molecule has 0 saturated heterocycles. The fourth-order valence-corrected chi connectivity index (χ4v) is 3.66. The largest absolute Gasteiger partial charge is 0.503 e. The Morgan fingerprint density at radius 3 is 2.41 bits per heavy atom. The Hall–Kier alpha value is -3.56. The van der Waals surface area contributed by atoms with Crippen molar-refractivity contribution in [3.63, 3.8) is 0 Å². The summed E-state index contributed by atoms with van der Waals surface area (Å²) in [6, 6.07) is 14.0. The van der Waals surface area contributed by atoms with Gasteiger partial charge in [-0.1, -0.05) is 30.3 Å². The first-order valence-corrected chi connectivity index (χ1v) is 10.2. The number of rotatable bonds is 11. The molecule has 168 valence electrons. The third-order valence-electron chi connectivity index (χ3n) is 5.22. The van der Waals surface area contributed by atoms with Crippen molar-refractivity contribution in [2.45, 2.75) is 18.9 Å². The fraction of sp³-hybridized carbons (Fsp3) is 0.304. The summed E-state index contributed by atoms with van der Waals surface area (Å²) >= 11 is 0. The van der Waals surface area contributed by atoms with Gasteiger partial charge in [0.1, 0.15) is 0 Å². The van der Waals surface area contributed by atoms with Crippen molar-refractivity contribution in [3.05, 3.63) is 87.2 Å². The van der Waals surface area contributed by atoms with E-state index in [9.17, 15) is 24.8 Å². The number of hydrogen-bond acceptors (Lipinski definition) is 7. The van der Waals surface area contributed by atoms with Gasteiger partial charge in [-0.15, -0.1) is 0 Å². The molecule has 2 aromatic rings. The first-order chi connectivity index (χ1) is 15.4. The number of aliphatic hydroxyl groups excluding tert-OH is 2. The molecule has 0 bridgehead atoms. The van der Waals surface area contributed by atoms with Gasteiger partial charge in [-0.3, -0.25) is 19.7 Å². The van der Waals surface area contributed by atoms with Gasteiger partial charge in [0.05, 0.1) is 36.4 Å². The van der Waals surface area contributed by atoms with Gasteiger partial charge >= 0.3 is 0 Å². The van der Waals surface area contributed by atoms with Crippen LogP contribution in [0.3, 0.4) is 0 Å². The van der Waals surface area contributed by atoms with Crippen LogP contribution < -0.4 is 0 Å². The first-order valence-electron chi connectivity index (χ1n) is 10.2. The molecule has 0 aliphatic carbocycles. The summed E-state index contributed by atoms with van der Waals surface area (Å²) in [7, 11) is 0. The SMILES string of the molecule is O=C(CCc1ccccc1)C1=C(O)C(=O)N(CCOCCO)C1c1ccc([N+](=O)[O-])cc1. The molecule has 1 aliphatic rings. The topological polar surface area (TPSA) is 130 Å². The molecule has 32 heavy (non-hydrogen) atoms. The van der Waals surface area contributed by atoms with Gasteiger partial charge in [0.25, 0.3) is 11.6 Å². The summed E-state index contributed by atoms with van der Waals surface area (Å²) in [5.41, 5.74) is 1.27. The zero-order valence-corrected chi connectivity index (χ0v) is 17.3. The van der Waals surface area contributed by atoms with Crippen LogP contribution in [0.1, 0.15) is 23.6 Å². The Kier molecular flexibility index (Phi) is 7.69. The summed E-state index contributed by atoms with van der Waals surface area (Å²) in [4.78, 5) is 37.6. The number of hydrogen-bond donors (Lipinski definition) is 2. The zero-order chi connectivity index (χ0) is 23.1. The molecule has 9 heteroatoms. The van der Waals surface area contributed by atoms with Crippen LogP contribution in [-0.2, 0) is 20.7 Å². The molecule has 0 aromatic heterocycles. The Bertz CT molecular complexity index is 1000. The maximum atomic E-state index is 13.1. The molecule has 2 aromatic carbocycles. The minimum absolute atomic E-state index is 0.0260. The highest BCUT2D eigenvalue weighted by molar-refractivity contribution is 6.09. The Morgan fingerprint density at radius 2 is 1.78 bits per heavy atom. The standard InChI is InChI=1S/C23H24N2O7/c26-13-15-32-14-12-24-21(17-7-9-18(10-8-17)25(30)31)20(22(28)23(24)29)19(27)11-6-16-4-2-1-3-5-16/h1-5,7-10,21,26,28H,6,11-15H2. The van der Waals surface area contributed by atoms with E-state index in [1.807, 2.05) is 30.3 Å². The van der Waals surface area contributed by atoms with Crippen LogP contribution in [0.4, 0.5) is 5.69 Å². The van der Waals surface area contributed by atoms with Crippen molar-refractivity contribution in [1.29, 1.82) is 0 Å². The highest BCUT2D eigenvalue weighted by Crippen LogP contribution is 2.38. The number of ketones is 1. The number of nitro groups is 1. The van der Waals surface area contributed by atoms with E-state index in [0.29, 0.717) is 12.0 Å². The van der Waals surface area contributed by atoms with Gasteiger partial charge in [-0.25, -0.2) is 0 Å². The second-order valence-electron chi connectivity index (χ2n) is 7.26. The van der Waals surface area contributed by atoms with E-state index < -0.39 is 22.6 Å². The van der Waals surface area contributed by atoms with Crippen LogP contribution in [0.2, 0.25) is 0 Å². The number of nitrogens with zero attached hydrogens (tertiary/aromatic N) is 2. The fourth-order valence-electron chi connectivity index (χ4n) is 3.66. The number of carbonyl (C=O) groups excluding carboxylic acids is 2. The quantitative estimate of drug-likeness (QED) is 0.312. The molecule has 9 nitrogen and oxygen atoms in total. The first kappa shape index (κ1) is 23.1. The highest BCUT2D eigenvalue weighted by atomic mass is 16.6. The number of ether oxygens (including phenoxy) is 1. The molecule has 2 N–H and O–H groups in total. The maximum Gasteiger partial charge on any atom is 0.290 e. The summed E-state index contributed by atoms with van der Waals surface area (Å²) in [6.45, 7) is 0.0769. The van der Waals surface area contributed by atoms with Crippen LogP contribution in [-0.4, -0.2) is 58.1 Å². The lowest BCUT2D eigenvalue weighted by Crippen LogP contribution is -2.34. The molecule has 0 radical (unpaired) electrons. The van der Waals surface area contributed by atoms with Crippen molar-refractivity contribution in [3.8, 4) is 0 Å². The number of amides is 1. The Labute approximate surface area is 184 Å². The minimum atomic E-state index is -0.885. The minimum Gasteiger partial charge on any atom is -0.503 e. The predicted octanol–water partition coefficient (Wildman–Crippen LogP) is 2.50. The maximum absolute atomic E-state index is 13.1. The Balaban J connectivity index is 1.87. The number of aliphatic hydroxyl groups is 2. The highest BCUT2D eigenvalue weighted by Gasteiger charge is 2.43. The number of non-ortho nitro benzene ring substituents is 1. The predicted molar refractivity (Wildman–Crippen MR) is 115 cm³/mol. The molecular weight excluding hydrogens is 416 g/mol. The molecule has 0 spiro atoms. The normalized spacial score (nSPS) is 16.0. The van der Waals surface area contributed by atoms with Crippen LogP contribution in [0.25, 0.3) is 0 Å². The van der Waals surface area contributed by atoms with Crippen LogP contribution in [0.5, 0.6) is 0 Å². The molecular formula is C23H24N2O7. The van der Waals surface area contributed by atoms with Crippen molar-refractivity contribution in [1.82, 2.24) is 4.90 Å². The lowest BCUT2D eigenvalue weighted by Gasteiger charge is -2.26. The van der Waals surface area contributed by atoms with Crippen LogP contribution in [0.15, 0.2) is 65.9 Å². The van der Waals surface area contributed by atoms with Crippen molar-refractivity contribution in [2.75, 3.05) is 26.4 Å². The van der Waals surface area contributed by atoms with Gasteiger partial charge in [0.15, 0.2) is 11.5 Å². The van der Waals surface area contributed by atoms with E-state index >= 15 is 0 Å². The summed E-state index contributed by atoms with van der Waals surface area (Å²) in [5, 5.41) is 30.4. The monoisotopic (exact) mass is 440 g/mol. The molecule has 1 aliphatic heterocycles. The zero-order valence-electron chi connectivity index (χ0n) is 17.3. The van der Waals surface area contributed by atoms with Gasteiger partial charge in [0.2, 0.25) is 0 Å². The smallest absolute Gasteiger partial charge is 0.290 e. The lowest BCUT2D eigenvalue weighted by molar-refractivity contribution is -0.384. The average molecular weight is 440 g/mol. The van der Waals surface area contributed by atoms with E-state index in [0.717, 1.165) is 5.56 Å². The van der Waals surface area contributed by atoms with E-state index in [4.69, 9.17) is 9.84 Å². The average Bonchev–Trinajstić information content (AvgIpc) is 3.06. The van der Waals surface area contributed by atoms with E-state index in [2.05, 4.69) is 0 Å². The number of benzene rings is 2. The second kappa shape index (κ2) is 10.7. The third kappa shape index (κ3) is 5.19. The number of nitro benzene ring substituents is 1. The van der Waals surface area contributed by atoms with E-state index in [1.165, 1.54) is 29.2 Å². The van der Waals surface area contributed by atoms with Gasteiger partial charge in [-0.05, 0) is 29.7 Å². The third-order valence-corrected chi connectivity index (χ3v) is 5.22. The summed E-state index contributed by atoms with van der Waals surface area (Å²) < 4.78 is 5.25. The molecule has 3 rings (SSSR count). The molecule has 0 fully saturated rings. The van der Waals surface area contributed by atoms with Crippen molar-refractivity contribution >= 4 is 17.4 Å². The lowest BCUT2D eigenvalue weighted by atomic mass is 9.93. The second-order valence-corrected chi connectivity index (χ2v) is 7.26. The number of Topliss-reactive ketones (excluding diaryl/α,β-unsaturated/α-hetero) is 1. The van der Waals surface area contributed by atoms with Crippen molar-refractivity contribution in [2.24, 2.45) is 0 Å². The molecule has 0 saturated carbocycles. The van der Waals surface area contributed by atoms with E-state index in [-0.39, 0.29) is 49.8 Å². The van der Waals surface area contributed by atoms with Crippen LogP contribution >= 0.6 is 0 Å². The molecule has 1 amide bonds. The number of aryl methyl sites for hydroxylation is 1. The van der Waals surface area contributed by atoms with E-state index in [1.54, 1.807) is 0 Å². The number of carbonyl (C=O) groups is 2. The summed E-state index contributed by atoms with van der Waals surface area (Å²) in [6.07, 6.45) is 0.534. The molecule has 1 heterocycles. The Morgan fingerprint density at radius 1 is 1.09 bits per heavy atom. The van der Waals surface area contributed by atoms with Gasteiger partial charge in [-0.2, -0.15) is 0 Å². The van der Waals surface area contributed by atoms with Gasteiger partial charge in [0, 0.05) is 25.1 Å². The van der Waals surface area contributed by atoms with Gasteiger partial charge < -0.3 is 19.8 Å².